The van der Waals surface area contributed by atoms with Crippen LogP contribution in [0.15, 0.2) is 24.3 Å². The summed E-state index contributed by atoms with van der Waals surface area (Å²) < 4.78 is 0. The lowest BCUT2D eigenvalue weighted by Crippen LogP contribution is -1.98. The molecule has 0 heterocycles. The quantitative estimate of drug-likeness (QED) is 0.727. The van der Waals surface area contributed by atoms with Crippen LogP contribution in [-0.4, -0.2) is 5.11 Å². The highest BCUT2D eigenvalue weighted by molar-refractivity contribution is 5.26. The molecule has 0 aliphatic rings. The van der Waals surface area contributed by atoms with E-state index in [1.54, 1.807) is 0 Å². The molecule has 0 amide bonds. The SMILES string of the molecule is CC(C)Cc1ccccc1CO. The van der Waals surface area contributed by atoms with E-state index in [0.29, 0.717) is 5.92 Å². The molecule has 0 saturated carbocycles. The summed E-state index contributed by atoms with van der Waals surface area (Å²) in [7, 11) is 0. The fourth-order valence-electron chi connectivity index (χ4n) is 1.35. The van der Waals surface area contributed by atoms with Crippen LogP contribution in [0.25, 0.3) is 0 Å². The van der Waals surface area contributed by atoms with E-state index in [1.807, 2.05) is 18.2 Å². The fourth-order valence-corrected chi connectivity index (χ4v) is 1.35. The Kier molecular flexibility index (Phi) is 3.30. The first kappa shape index (κ1) is 9.27. The standard InChI is InChI=1S/C11H16O/c1-9(2)7-10-5-3-4-6-11(10)8-12/h3-6,9,12H,7-8H2,1-2H3. The van der Waals surface area contributed by atoms with Crippen LogP contribution in [-0.2, 0) is 13.0 Å². The van der Waals surface area contributed by atoms with Gasteiger partial charge in [-0.25, -0.2) is 0 Å². The van der Waals surface area contributed by atoms with Gasteiger partial charge in [0, 0.05) is 0 Å². The van der Waals surface area contributed by atoms with Crippen LogP contribution < -0.4 is 0 Å². The third-order valence-corrected chi connectivity index (χ3v) is 1.92. The first-order valence-corrected chi connectivity index (χ1v) is 4.41. The molecule has 66 valence electrons. The molecule has 0 unspecified atom stereocenters. The van der Waals surface area contributed by atoms with E-state index in [1.165, 1.54) is 5.56 Å². The zero-order valence-electron chi connectivity index (χ0n) is 7.75. The summed E-state index contributed by atoms with van der Waals surface area (Å²) in [5.74, 6) is 0.651. The Hall–Kier alpha value is -0.820. The maximum Gasteiger partial charge on any atom is 0.0684 e. The fraction of sp³-hybridized carbons (Fsp3) is 0.455. The minimum atomic E-state index is 0.156. The number of rotatable bonds is 3. The predicted molar refractivity (Wildman–Crippen MR) is 50.9 cm³/mol. The third kappa shape index (κ3) is 2.35. The van der Waals surface area contributed by atoms with Crippen LogP contribution in [0.3, 0.4) is 0 Å². The Morgan fingerprint density at radius 3 is 2.25 bits per heavy atom. The average Bonchev–Trinajstić information content (AvgIpc) is 2.04. The monoisotopic (exact) mass is 164 g/mol. The second kappa shape index (κ2) is 4.27. The number of benzene rings is 1. The number of aliphatic hydroxyl groups is 1. The van der Waals surface area contributed by atoms with Crippen molar-refractivity contribution in [1.82, 2.24) is 0 Å². The zero-order chi connectivity index (χ0) is 8.97. The summed E-state index contributed by atoms with van der Waals surface area (Å²) in [6.07, 6.45) is 1.05. The van der Waals surface area contributed by atoms with Crippen molar-refractivity contribution in [3.8, 4) is 0 Å². The van der Waals surface area contributed by atoms with Gasteiger partial charge in [0.2, 0.25) is 0 Å². The van der Waals surface area contributed by atoms with Crippen molar-refractivity contribution in [2.24, 2.45) is 5.92 Å². The van der Waals surface area contributed by atoms with Gasteiger partial charge in [0.15, 0.2) is 0 Å². The van der Waals surface area contributed by atoms with E-state index >= 15 is 0 Å². The molecule has 0 radical (unpaired) electrons. The van der Waals surface area contributed by atoms with Gasteiger partial charge in [0.25, 0.3) is 0 Å². The molecule has 0 fully saturated rings. The molecule has 1 aromatic carbocycles. The molecule has 0 aromatic heterocycles. The molecule has 0 spiro atoms. The van der Waals surface area contributed by atoms with Crippen LogP contribution in [0, 0.1) is 5.92 Å². The van der Waals surface area contributed by atoms with Gasteiger partial charge in [0.1, 0.15) is 0 Å². The Balaban J connectivity index is 2.82. The van der Waals surface area contributed by atoms with Crippen LogP contribution in [0.4, 0.5) is 0 Å². The summed E-state index contributed by atoms with van der Waals surface area (Å²) in [6, 6.07) is 8.06. The second-order valence-corrected chi connectivity index (χ2v) is 3.52. The summed E-state index contributed by atoms with van der Waals surface area (Å²) >= 11 is 0. The van der Waals surface area contributed by atoms with Crippen LogP contribution in [0.1, 0.15) is 25.0 Å². The Bertz CT molecular complexity index is 241. The highest BCUT2D eigenvalue weighted by Gasteiger charge is 2.01. The van der Waals surface area contributed by atoms with E-state index in [2.05, 4.69) is 19.9 Å². The molecule has 1 N–H and O–H groups in total. The summed E-state index contributed by atoms with van der Waals surface area (Å²) in [4.78, 5) is 0. The topological polar surface area (TPSA) is 20.2 Å². The lowest BCUT2D eigenvalue weighted by atomic mass is 9.98. The minimum absolute atomic E-state index is 0.156. The molecule has 0 bridgehead atoms. The molecule has 1 heteroatoms. The minimum Gasteiger partial charge on any atom is -0.392 e. The number of aliphatic hydroxyl groups excluding tert-OH is 1. The van der Waals surface area contributed by atoms with E-state index in [4.69, 9.17) is 5.11 Å². The van der Waals surface area contributed by atoms with Gasteiger partial charge in [-0.3, -0.25) is 0 Å². The van der Waals surface area contributed by atoms with Crippen molar-refractivity contribution in [3.05, 3.63) is 35.4 Å². The van der Waals surface area contributed by atoms with Gasteiger partial charge in [-0.1, -0.05) is 38.1 Å². The first-order valence-electron chi connectivity index (χ1n) is 4.41. The molecular weight excluding hydrogens is 148 g/mol. The molecule has 0 saturated heterocycles. The Morgan fingerprint density at radius 2 is 1.75 bits per heavy atom. The number of hydrogen-bond acceptors (Lipinski definition) is 1. The molecule has 12 heavy (non-hydrogen) atoms. The summed E-state index contributed by atoms with van der Waals surface area (Å²) in [6.45, 7) is 4.53. The molecule has 1 nitrogen and oxygen atoms in total. The van der Waals surface area contributed by atoms with Crippen molar-refractivity contribution in [1.29, 1.82) is 0 Å². The first-order chi connectivity index (χ1) is 5.74. The zero-order valence-corrected chi connectivity index (χ0v) is 7.75. The summed E-state index contributed by atoms with van der Waals surface area (Å²) in [5.41, 5.74) is 2.33. The second-order valence-electron chi connectivity index (χ2n) is 3.52. The normalized spacial score (nSPS) is 10.7. The molecule has 0 aliphatic heterocycles. The van der Waals surface area contributed by atoms with Gasteiger partial charge in [-0.2, -0.15) is 0 Å². The Morgan fingerprint density at radius 1 is 1.17 bits per heavy atom. The van der Waals surface area contributed by atoms with E-state index in [-0.39, 0.29) is 6.61 Å². The van der Waals surface area contributed by atoms with Crippen LogP contribution in [0.5, 0.6) is 0 Å². The van der Waals surface area contributed by atoms with E-state index in [0.717, 1.165) is 12.0 Å². The van der Waals surface area contributed by atoms with Gasteiger partial charge in [0.05, 0.1) is 6.61 Å². The Labute approximate surface area is 74.1 Å². The maximum atomic E-state index is 9.03. The smallest absolute Gasteiger partial charge is 0.0684 e. The van der Waals surface area contributed by atoms with Gasteiger partial charge in [-0.15, -0.1) is 0 Å². The molecular formula is C11H16O. The average molecular weight is 164 g/mol. The molecule has 1 rings (SSSR count). The summed E-state index contributed by atoms with van der Waals surface area (Å²) in [5, 5.41) is 9.03. The van der Waals surface area contributed by atoms with Crippen LogP contribution in [0.2, 0.25) is 0 Å². The van der Waals surface area contributed by atoms with E-state index < -0.39 is 0 Å². The van der Waals surface area contributed by atoms with Gasteiger partial charge < -0.3 is 5.11 Å². The van der Waals surface area contributed by atoms with Crippen molar-refractivity contribution in [3.63, 3.8) is 0 Å². The van der Waals surface area contributed by atoms with E-state index in [9.17, 15) is 0 Å². The lowest BCUT2D eigenvalue weighted by molar-refractivity contribution is 0.280. The highest BCUT2D eigenvalue weighted by Crippen LogP contribution is 2.13. The van der Waals surface area contributed by atoms with Gasteiger partial charge in [-0.05, 0) is 23.5 Å². The number of hydrogen-bond donors (Lipinski definition) is 1. The molecule has 0 aliphatic carbocycles. The van der Waals surface area contributed by atoms with Crippen molar-refractivity contribution < 1.29 is 5.11 Å². The third-order valence-electron chi connectivity index (χ3n) is 1.92. The maximum absolute atomic E-state index is 9.03. The molecule has 1 aromatic rings. The van der Waals surface area contributed by atoms with Crippen molar-refractivity contribution >= 4 is 0 Å². The predicted octanol–water partition coefficient (Wildman–Crippen LogP) is 2.38. The van der Waals surface area contributed by atoms with Gasteiger partial charge >= 0.3 is 0 Å². The van der Waals surface area contributed by atoms with Crippen molar-refractivity contribution in [2.45, 2.75) is 26.9 Å². The van der Waals surface area contributed by atoms with Crippen LogP contribution >= 0.6 is 0 Å². The lowest BCUT2D eigenvalue weighted by Gasteiger charge is -2.08. The molecule has 0 atom stereocenters. The van der Waals surface area contributed by atoms with Crippen molar-refractivity contribution in [2.75, 3.05) is 0 Å². The highest BCUT2D eigenvalue weighted by atomic mass is 16.3. The largest absolute Gasteiger partial charge is 0.392 e.